The molecule has 5 aromatic rings. The van der Waals surface area contributed by atoms with Gasteiger partial charge in [-0.25, -0.2) is 4.98 Å². The van der Waals surface area contributed by atoms with E-state index in [4.69, 9.17) is 5.73 Å². The number of amides is 3. The van der Waals surface area contributed by atoms with Crippen molar-refractivity contribution in [2.45, 2.75) is 65.3 Å². The van der Waals surface area contributed by atoms with Gasteiger partial charge in [-0.2, -0.15) is 0 Å². The highest BCUT2D eigenvalue weighted by Gasteiger charge is 2.45. The number of aromatic nitrogens is 3. The quantitative estimate of drug-likeness (QED) is 0.120. The van der Waals surface area contributed by atoms with Crippen LogP contribution in [0, 0.1) is 12.3 Å². The van der Waals surface area contributed by atoms with Crippen molar-refractivity contribution in [3.63, 3.8) is 0 Å². The van der Waals surface area contributed by atoms with Gasteiger partial charge < -0.3 is 36.4 Å². The molecule has 14 nitrogen and oxygen atoms in total. The molecule has 2 saturated heterocycles. The Kier molecular flexibility index (Phi) is 12.5. The third kappa shape index (κ3) is 9.43. The number of hydrogen-bond donors (Lipinski definition) is 5. The summed E-state index contributed by atoms with van der Waals surface area (Å²) in [5.74, 6) is -0.617. The molecule has 2 aliphatic rings. The van der Waals surface area contributed by atoms with E-state index in [-0.39, 0.29) is 43.1 Å². The molecule has 0 bridgehead atoms. The van der Waals surface area contributed by atoms with Gasteiger partial charge in [0, 0.05) is 56.0 Å². The summed E-state index contributed by atoms with van der Waals surface area (Å²) in [5, 5.41) is 35.4. The Balaban J connectivity index is 0.932. The Morgan fingerprint density at radius 1 is 0.917 bits per heavy atom. The van der Waals surface area contributed by atoms with Crippen LogP contribution in [0.2, 0.25) is 0 Å². The number of aliphatic hydroxyl groups excluding tert-OH is 1. The summed E-state index contributed by atoms with van der Waals surface area (Å²) in [6.07, 6.45) is -0.749. The lowest BCUT2D eigenvalue weighted by atomic mass is 9.85. The highest BCUT2D eigenvalue weighted by molar-refractivity contribution is 7.13. The van der Waals surface area contributed by atoms with Crippen LogP contribution >= 0.6 is 11.3 Å². The number of hydrogen-bond acceptors (Lipinski definition) is 12. The number of nitrogens with two attached hydrogens (primary N) is 1. The SMILES string of the molecule is Cc1ncsc1-c1ccc([C@H](C)NC(=O)[C@@H]2C[C@@H](O)CN2C(=O)[C@@H](NC(=O)CN2CCN(c3ccc(-c4cc(-c5ccccc5O)nnc4N)cc3)CC2)C(C)(C)C)cc1. The van der Waals surface area contributed by atoms with E-state index >= 15 is 0 Å². The zero-order chi connectivity index (χ0) is 42.7. The van der Waals surface area contributed by atoms with Gasteiger partial charge >= 0.3 is 0 Å². The first kappa shape index (κ1) is 42.2. The molecule has 15 heteroatoms. The lowest BCUT2D eigenvalue weighted by Gasteiger charge is -2.37. The van der Waals surface area contributed by atoms with Crippen molar-refractivity contribution in [3.05, 3.63) is 95.6 Å². The number of nitrogens with zero attached hydrogens (tertiary/aromatic N) is 6. The van der Waals surface area contributed by atoms with Crippen molar-refractivity contribution >= 4 is 40.6 Å². The molecule has 60 heavy (non-hydrogen) atoms. The number of piperazine rings is 1. The van der Waals surface area contributed by atoms with Crippen LogP contribution in [-0.4, -0.2) is 110 Å². The molecule has 2 aromatic heterocycles. The monoisotopic (exact) mass is 831 g/mol. The number of aryl methyl sites for hydroxylation is 1. The van der Waals surface area contributed by atoms with Crippen LogP contribution in [0.25, 0.3) is 32.8 Å². The topological polar surface area (TPSA) is 190 Å². The molecular weight excluding hydrogens is 779 g/mol. The molecule has 0 saturated carbocycles. The second kappa shape index (κ2) is 17.8. The first-order valence-corrected chi connectivity index (χ1v) is 21.1. The number of nitrogen functional groups attached to an aromatic ring is 1. The van der Waals surface area contributed by atoms with E-state index in [1.807, 2.05) is 101 Å². The number of nitrogens with one attached hydrogen (secondary N) is 2. The van der Waals surface area contributed by atoms with Gasteiger partial charge in [-0.05, 0) is 66.3 Å². The number of anilines is 2. The van der Waals surface area contributed by atoms with Crippen molar-refractivity contribution in [1.29, 1.82) is 0 Å². The van der Waals surface area contributed by atoms with Gasteiger partial charge in [-0.3, -0.25) is 19.3 Å². The Morgan fingerprint density at radius 2 is 1.60 bits per heavy atom. The van der Waals surface area contributed by atoms with Crippen LogP contribution in [0.4, 0.5) is 11.5 Å². The molecule has 7 rings (SSSR count). The molecule has 4 atom stereocenters. The smallest absolute Gasteiger partial charge is 0.246 e. The summed E-state index contributed by atoms with van der Waals surface area (Å²) in [6.45, 7) is 12.3. The largest absolute Gasteiger partial charge is 0.507 e. The summed E-state index contributed by atoms with van der Waals surface area (Å²) in [4.78, 5) is 52.7. The molecule has 0 unspecified atom stereocenters. The second-order valence-corrected chi connectivity index (χ2v) is 17.6. The molecular formula is C45H53N9O5S. The summed E-state index contributed by atoms with van der Waals surface area (Å²) in [5.41, 5.74) is 14.0. The number of aromatic hydroxyl groups is 1. The molecule has 2 aliphatic heterocycles. The Bertz CT molecular complexity index is 2320. The van der Waals surface area contributed by atoms with Gasteiger partial charge in [0.2, 0.25) is 17.7 Å². The average molecular weight is 832 g/mol. The number of benzene rings is 3. The number of carbonyl (C=O) groups is 3. The van der Waals surface area contributed by atoms with Crippen LogP contribution in [0.15, 0.2) is 84.4 Å². The number of β-amino-alcohol motifs (C(OH)–C–C–N with tert-alkyl or cyclic N) is 1. The van der Waals surface area contributed by atoms with Crippen LogP contribution in [-0.2, 0) is 14.4 Å². The fourth-order valence-corrected chi connectivity index (χ4v) is 8.71. The molecule has 0 spiro atoms. The maximum absolute atomic E-state index is 14.2. The Labute approximate surface area is 354 Å². The molecule has 0 radical (unpaired) electrons. The van der Waals surface area contributed by atoms with E-state index in [1.54, 1.807) is 29.5 Å². The van der Waals surface area contributed by atoms with Crippen molar-refractivity contribution < 1.29 is 24.6 Å². The second-order valence-electron chi connectivity index (χ2n) is 16.7. The number of thiazole rings is 1. The molecule has 3 aromatic carbocycles. The number of aliphatic hydroxyl groups is 1. The fourth-order valence-electron chi connectivity index (χ4n) is 7.90. The molecule has 3 amide bonds. The third-order valence-electron chi connectivity index (χ3n) is 11.3. The van der Waals surface area contributed by atoms with Gasteiger partial charge in [0.05, 0.1) is 40.5 Å². The number of carbonyl (C=O) groups excluding carboxylic acids is 3. The van der Waals surface area contributed by atoms with E-state index in [2.05, 4.69) is 35.6 Å². The zero-order valence-electron chi connectivity index (χ0n) is 34.6. The molecule has 2 fully saturated rings. The standard InChI is InChI=1S/C45H53N9O5S/c1-27(29-10-12-31(13-11-29)40-28(2)47-26-60-40)48-43(58)37-22-33(55)24-54(37)44(59)41(45(3,4)5)49-39(57)25-52-18-20-53(21-19-52)32-16-14-30(15-17-32)35-23-36(50-51-42(35)46)34-8-6-7-9-38(34)56/h6-17,23,26-27,33,37,41,55-56H,18-22,24-25H2,1-5H3,(H2,46,51)(H,48,58)(H,49,57)/t27-,33+,37-,41+/m0/s1. The lowest BCUT2D eigenvalue weighted by molar-refractivity contribution is -0.144. The fraction of sp³-hybridized carbons (Fsp3) is 0.378. The Morgan fingerprint density at radius 3 is 2.25 bits per heavy atom. The van der Waals surface area contributed by atoms with Gasteiger partial charge in [0.25, 0.3) is 0 Å². The van der Waals surface area contributed by atoms with Crippen LogP contribution in [0.5, 0.6) is 5.75 Å². The normalized spacial score (nSPS) is 18.2. The van der Waals surface area contributed by atoms with Crippen molar-refractivity contribution in [2.24, 2.45) is 5.41 Å². The minimum absolute atomic E-state index is 0.00565. The van der Waals surface area contributed by atoms with Crippen molar-refractivity contribution in [3.8, 4) is 38.6 Å². The first-order chi connectivity index (χ1) is 28.7. The first-order valence-electron chi connectivity index (χ1n) is 20.2. The average Bonchev–Trinajstić information content (AvgIpc) is 3.85. The zero-order valence-corrected chi connectivity index (χ0v) is 35.4. The van der Waals surface area contributed by atoms with Gasteiger partial charge in [0.1, 0.15) is 17.8 Å². The molecule has 4 heterocycles. The van der Waals surface area contributed by atoms with Crippen molar-refractivity contribution in [2.75, 3.05) is 49.9 Å². The number of phenolic OH excluding ortho intramolecular Hbond substituents is 1. The van der Waals surface area contributed by atoms with E-state index in [1.165, 1.54) is 4.90 Å². The van der Waals surface area contributed by atoms with Crippen molar-refractivity contribution in [1.82, 2.24) is 35.6 Å². The van der Waals surface area contributed by atoms with Gasteiger partial charge in [-0.1, -0.05) is 69.3 Å². The Hall–Kier alpha value is -5.90. The summed E-state index contributed by atoms with van der Waals surface area (Å²) >= 11 is 1.58. The molecule has 0 aliphatic carbocycles. The molecule has 314 valence electrons. The maximum atomic E-state index is 14.2. The maximum Gasteiger partial charge on any atom is 0.246 e. The number of para-hydroxylation sites is 1. The predicted molar refractivity (Wildman–Crippen MR) is 234 cm³/mol. The number of rotatable bonds is 11. The van der Waals surface area contributed by atoms with E-state index in [0.717, 1.165) is 32.9 Å². The van der Waals surface area contributed by atoms with Gasteiger partial charge in [0.15, 0.2) is 5.82 Å². The van der Waals surface area contributed by atoms with Crippen LogP contribution in [0.3, 0.4) is 0 Å². The summed E-state index contributed by atoms with van der Waals surface area (Å²) < 4.78 is 0. The number of phenols is 1. The highest BCUT2D eigenvalue weighted by Crippen LogP contribution is 2.34. The molecule has 6 N–H and O–H groups in total. The third-order valence-corrected chi connectivity index (χ3v) is 12.3. The predicted octanol–water partition coefficient (Wildman–Crippen LogP) is 5.02. The minimum Gasteiger partial charge on any atom is -0.507 e. The van der Waals surface area contributed by atoms with Gasteiger partial charge in [-0.15, -0.1) is 21.5 Å². The van der Waals surface area contributed by atoms with E-state index < -0.39 is 29.5 Å². The summed E-state index contributed by atoms with van der Waals surface area (Å²) in [6, 6.07) is 22.7. The van der Waals surface area contributed by atoms with E-state index in [0.29, 0.717) is 48.8 Å². The van der Waals surface area contributed by atoms with Crippen LogP contribution < -0.4 is 21.3 Å². The lowest BCUT2D eigenvalue weighted by Crippen LogP contribution is -2.59. The summed E-state index contributed by atoms with van der Waals surface area (Å²) in [7, 11) is 0. The minimum atomic E-state index is -0.912. The highest BCUT2D eigenvalue weighted by atomic mass is 32.1. The van der Waals surface area contributed by atoms with E-state index in [9.17, 15) is 24.6 Å². The van der Waals surface area contributed by atoms with Crippen LogP contribution in [0.1, 0.15) is 51.4 Å². The number of likely N-dealkylation sites (tertiary alicyclic amines) is 1.